The molecule has 0 spiro atoms. The van der Waals surface area contributed by atoms with E-state index in [4.69, 9.17) is 4.74 Å². The van der Waals surface area contributed by atoms with E-state index in [0.29, 0.717) is 23.6 Å². The van der Waals surface area contributed by atoms with Crippen molar-refractivity contribution in [3.8, 4) is 5.75 Å². The van der Waals surface area contributed by atoms with Crippen LogP contribution in [0.5, 0.6) is 5.75 Å². The summed E-state index contributed by atoms with van der Waals surface area (Å²) in [6.45, 7) is 2.35. The van der Waals surface area contributed by atoms with Crippen molar-refractivity contribution in [3.05, 3.63) is 96.2 Å². The van der Waals surface area contributed by atoms with Gasteiger partial charge in [-0.2, -0.15) is 0 Å². The van der Waals surface area contributed by atoms with E-state index in [2.05, 4.69) is 20.3 Å². The summed E-state index contributed by atoms with van der Waals surface area (Å²) in [5, 5.41) is 2.90. The van der Waals surface area contributed by atoms with Crippen LogP contribution in [0.2, 0.25) is 0 Å². The molecule has 31 heavy (non-hydrogen) atoms. The van der Waals surface area contributed by atoms with Gasteiger partial charge in [-0.15, -0.1) is 0 Å². The molecule has 0 bridgehead atoms. The average Bonchev–Trinajstić information content (AvgIpc) is 3.20. The first kappa shape index (κ1) is 18.7. The van der Waals surface area contributed by atoms with Crippen LogP contribution in [0.25, 0.3) is 16.7 Å². The van der Waals surface area contributed by atoms with Crippen LogP contribution in [-0.2, 0) is 6.61 Å². The number of amides is 1. The number of imidazole rings is 1. The van der Waals surface area contributed by atoms with Crippen LogP contribution in [0.3, 0.4) is 0 Å². The zero-order valence-electron chi connectivity index (χ0n) is 16.8. The van der Waals surface area contributed by atoms with Crippen LogP contribution >= 0.6 is 0 Å². The summed E-state index contributed by atoms with van der Waals surface area (Å²) in [4.78, 5) is 25.8. The molecule has 0 unspecified atom stereocenters. The lowest BCUT2D eigenvalue weighted by Gasteiger charge is -2.08. The van der Waals surface area contributed by atoms with Gasteiger partial charge in [-0.3, -0.25) is 14.8 Å². The third kappa shape index (κ3) is 4.06. The highest BCUT2D eigenvalue weighted by Gasteiger charge is 2.09. The van der Waals surface area contributed by atoms with E-state index in [0.717, 1.165) is 27.9 Å². The Labute approximate surface area is 178 Å². The number of pyridine rings is 1. The molecule has 0 saturated carbocycles. The fraction of sp³-hybridized carbons (Fsp3) is 0.0833. The van der Waals surface area contributed by atoms with Gasteiger partial charge in [-0.1, -0.05) is 12.1 Å². The van der Waals surface area contributed by atoms with Crippen molar-refractivity contribution >= 4 is 28.3 Å². The number of rotatable bonds is 5. The van der Waals surface area contributed by atoms with Gasteiger partial charge < -0.3 is 14.5 Å². The molecule has 3 heterocycles. The summed E-state index contributed by atoms with van der Waals surface area (Å²) < 4.78 is 7.85. The van der Waals surface area contributed by atoms with Crippen molar-refractivity contribution in [2.75, 3.05) is 5.32 Å². The second-order valence-electron chi connectivity index (χ2n) is 7.23. The first-order valence-corrected chi connectivity index (χ1v) is 9.83. The lowest BCUT2D eigenvalue weighted by molar-refractivity contribution is 0.102. The number of aryl methyl sites for hydroxylation is 1. The highest BCUT2D eigenvalue weighted by molar-refractivity contribution is 6.05. The summed E-state index contributed by atoms with van der Waals surface area (Å²) in [5.41, 5.74) is 5.51. The van der Waals surface area contributed by atoms with Crippen LogP contribution in [-0.4, -0.2) is 25.3 Å². The molecule has 5 rings (SSSR count). The van der Waals surface area contributed by atoms with E-state index in [9.17, 15) is 4.79 Å². The number of benzene rings is 2. The number of nitrogens with zero attached hydrogens (tertiary/aromatic N) is 4. The summed E-state index contributed by atoms with van der Waals surface area (Å²) in [7, 11) is 0. The highest BCUT2D eigenvalue weighted by atomic mass is 16.5. The Kier molecular flexibility index (Phi) is 4.76. The van der Waals surface area contributed by atoms with Crippen molar-refractivity contribution < 1.29 is 9.53 Å². The van der Waals surface area contributed by atoms with Crippen LogP contribution in [0.4, 0.5) is 5.69 Å². The molecule has 0 saturated heterocycles. The number of carbonyl (C=O) groups excluding carboxylic acids is 1. The minimum absolute atomic E-state index is 0.225. The van der Waals surface area contributed by atoms with Gasteiger partial charge in [0.15, 0.2) is 0 Å². The molecule has 0 aliphatic carbocycles. The van der Waals surface area contributed by atoms with Gasteiger partial charge in [-0.05, 0) is 55.0 Å². The lowest BCUT2D eigenvalue weighted by atomic mass is 10.2. The molecule has 3 aromatic heterocycles. The fourth-order valence-electron chi connectivity index (χ4n) is 3.35. The molecule has 0 radical (unpaired) electrons. The summed E-state index contributed by atoms with van der Waals surface area (Å²) >= 11 is 0. The molecular formula is C24H19N5O2. The van der Waals surface area contributed by atoms with E-state index in [-0.39, 0.29) is 5.91 Å². The Balaban J connectivity index is 1.28. The first-order chi connectivity index (χ1) is 15.1. The van der Waals surface area contributed by atoms with E-state index in [1.165, 1.54) is 0 Å². The normalized spacial score (nSPS) is 11.0. The third-order valence-corrected chi connectivity index (χ3v) is 4.86. The predicted molar refractivity (Wildman–Crippen MR) is 118 cm³/mol. The smallest absolute Gasteiger partial charge is 0.255 e. The molecule has 152 valence electrons. The number of aromatic nitrogens is 4. The molecule has 0 fully saturated rings. The van der Waals surface area contributed by atoms with E-state index < -0.39 is 0 Å². The second-order valence-corrected chi connectivity index (χ2v) is 7.23. The molecule has 1 amide bonds. The second kappa shape index (κ2) is 7.87. The molecule has 7 nitrogen and oxygen atoms in total. The molecule has 5 aromatic rings. The maximum absolute atomic E-state index is 12.7. The van der Waals surface area contributed by atoms with Gasteiger partial charge in [0.25, 0.3) is 5.91 Å². The molecular weight excluding hydrogens is 390 g/mol. The molecule has 0 atom stereocenters. The Morgan fingerprint density at radius 2 is 1.87 bits per heavy atom. The largest absolute Gasteiger partial charge is 0.487 e. The topological polar surface area (TPSA) is 81.4 Å². The van der Waals surface area contributed by atoms with Gasteiger partial charge >= 0.3 is 0 Å². The maximum atomic E-state index is 12.7. The zero-order valence-corrected chi connectivity index (χ0v) is 16.8. The Hall–Kier alpha value is -4.26. The Bertz CT molecular complexity index is 1410. The van der Waals surface area contributed by atoms with Gasteiger partial charge in [-0.25, -0.2) is 4.98 Å². The summed E-state index contributed by atoms with van der Waals surface area (Å²) in [6.07, 6.45) is 7.23. The number of nitrogens with one attached hydrogen (secondary N) is 1. The minimum Gasteiger partial charge on any atom is -0.487 e. The van der Waals surface area contributed by atoms with Crippen LogP contribution in [0, 0.1) is 6.92 Å². The molecule has 1 N–H and O–H groups in total. The van der Waals surface area contributed by atoms with Gasteiger partial charge in [0, 0.05) is 36.0 Å². The number of anilines is 1. The summed E-state index contributed by atoms with van der Waals surface area (Å²) in [6, 6.07) is 16.5. The average molecular weight is 409 g/mol. The first-order valence-electron chi connectivity index (χ1n) is 9.83. The van der Waals surface area contributed by atoms with Gasteiger partial charge in [0.05, 0.1) is 16.7 Å². The van der Waals surface area contributed by atoms with E-state index in [1.54, 1.807) is 42.7 Å². The van der Waals surface area contributed by atoms with E-state index >= 15 is 0 Å². The Morgan fingerprint density at radius 1 is 1.00 bits per heavy atom. The highest BCUT2D eigenvalue weighted by Crippen LogP contribution is 2.19. The lowest BCUT2D eigenvalue weighted by Crippen LogP contribution is -2.12. The van der Waals surface area contributed by atoms with Crippen molar-refractivity contribution in [1.29, 1.82) is 0 Å². The standard InChI is InChI=1S/C24H19N5O2/c1-16-5-8-23-27-19(14-29(23)13-16)15-31-20-4-2-3-17(11-20)24(30)28-18-6-7-21-22(12-18)26-10-9-25-21/h2-14H,15H2,1H3,(H,28,30). The van der Waals surface area contributed by atoms with Gasteiger partial charge in [0.2, 0.25) is 0 Å². The van der Waals surface area contributed by atoms with Gasteiger partial charge in [0.1, 0.15) is 18.0 Å². The minimum atomic E-state index is -0.225. The number of ether oxygens (including phenoxy) is 1. The fourth-order valence-corrected chi connectivity index (χ4v) is 3.35. The maximum Gasteiger partial charge on any atom is 0.255 e. The quantitative estimate of drug-likeness (QED) is 0.465. The van der Waals surface area contributed by atoms with Crippen molar-refractivity contribution in [2.24, 2.45) is 0 Å². The summed E-state index contributed by atoms with van der Waals surface area (Å²) in [5.74, 6) is 0.377. The molecule has 0 aliphatic heterocycles. The van der Waals surface area contributed by atoms with E-state index in [1.807, 2.05) is 48.0 Å². The SMILES string of the molecule is Cc1ccc2nc(COc3cccc(C(=O)Nc4ccc5nccnc5c4)c3)cn2c1. The zero-order chi connectivity index (χ0) is 21.2. The third-order valence-electron chi connectivity index (χ3n) is 4.86. The number of fused-ring (bicyclic) bond motifs is 2. The predicted octanol–water partition coefficient (Wildman–Crippen LogP) is 4.42. The molecule has 0 aliphatic rings. The monoisotopic (exact) mass is 409 g/mol. The Morgan fingerprint density at radius 3 is 2.77 bits per heavy atom. The number of hydrogen-bond acceptors (Lipinski definition) is 5. The number of hydrogen-bond donors (Lipinski definition) is 1. The van der Waals surface area contributed by atoms with Crippen LogP contribution in [0.15, 0.2) is 79.4 Å². The molecule has 2 aromatic carbocycles. The van der Waals surface area contributed by atoms with Crippen molar-refractivity contribution in [2.45, 2.75) is 13.5 Å². The van der Waals surface area contributed by atoms with Crippen molar-refractivity contribution in [3.63, 3.8) is 0 Å². The molecule has 7 heteroatoms. The number of carbonyl (C=O) groups is 1. The van der Waals surface area contributed by atoms with Crippen LogP contribution < -0.4 is 10.1 Å². The van der Waals surface area contributed by atoms with Crippen molar-refractivity contribution in [1.82, 2.24) is 19.4 Å². The van der Waals surface area contributed by atoms with Crippen LogP contribution in [0.1, 0.15) is 21.6 Å².